The van der Waals surface area contributed by atoms with Crippen molar-refractivity contribution in [1.82, 2.24) is 15.0 Å². The number of rotatable bonds is 3. The SMILES string of the molecule is CCn1nc(C(=O)O)c(-c2cccc(Br)c2)n1. The monoisotopic (exact) mass is 295 g/mol. The van der Waals surface area contributed by atoms with Crippen molar-refractivity contribution >= 4 is 21.9 Å². The molecule has 0 amide bonds. The number of carbonyl (C=O) groups is 1. The van der Waals surface area contributed by atoms with Crippen LogP contribution in [0.3, 0.4) is 0 Å². The molecule has 1 aromatic carbocycles. The van der Waals surface area contributed by atoms with E-state index in [2.05, 4.69) is 26.1 Å². The fraction of sp³-hybridized carbons (Fsp3) is 0.182. The lowest BCUT2D eigenvalue weighted by Gasteiger charge is -1.98. The third-order valence-corrected chi connectivity index (χ3v) is 2.73. The predicted molar refractivity (Wildman–Crippen MR) is 65.8 cm³/mol. The summed E-state index contributed by atoms with van der Waals surface area (Å²) < 4.78 is 0.873. The van der Waals surface area contributed by atoms with E-state index in [1.165, 1.54) is 4.80 Å². The van der Waals surface area contributed by atoms with Gasteiger partial charge in [0, 0.05) is 10.0 Å². The molecule has 0 bridgehead atoms. The van der Waals surface area contributed by atoms with Crippen LogP contribution in [0.2, 0.25) is 0 Å². The summed E-state index contributed by atoms with van der Waals surface area (Å²) >= 11 is 3.34. The minimum absolute atomic E-state index is 0.0232. The van der Waals surface area contributed by atoms with Crippen LogP contribution >= 0.6 is 15.9 Å². The summed E-state index contributed by atoms with van der Waals surface area (Å²) in [5, 5.41) is 17.2. The largest absolute Gasteiger partial charge is 0.476 e. The minimum Gasteiger partial charge on any atom is -0.476 e. The second-order valence-electron chi connectivity index (χ2n) is 3.40. The van der Waals surface area contributed by atoms with Crippen LogP contribution in [-0.4, -0.2) is 26.1 Å². The van der Waals surface area contributed by atoms with Gasteiger partial charge >= 0.3 is 5.97 Å². The van der Waals surface area contributed by atoms with Gasteiger partial charge in [0.15, 0.2) is 5.69 Å². The van der Waals surface area contributed by atoms with Crippen LogP contribution in [0.4, 0.5) is 0 Å². The molecule has 0 aliphatic rings. The number of aromatic nitrogens is 3. The number of hydrogen-bond acceptors (Lipinski definition) is 3. The highest BCUT2D eigenvalue weighted by Gasteiger charge is 2.18. The van der Waals surface area contributed by atoms with E-state index in [9.17, 15) is 4.79 Å². The molecule has 0 atom stereocenters. The van der Waals surface area contributed by atoms with Gasteiger partial charge in [-0.15, -0.1) is 5.10 Å². The molecule has 1 heterocycles. The molecule has 2 rings (SSSR count). The van der Waals surface area contributed by atoms with Crippen LogP contribution in [0, 0.1) is 0 Å². The van der Waals surface area contributed by atoms with Gasteiger partial charge in [-0.1, -0.05) is 28.1 Å². The minimum atomic E-state index is -1.07. The third kappa shape index (κ3) is 2.36. The first-order valence-electron chi connectivity index (χ1n) is 5.06. The van der Waals surface area contributed by atoms with E-state index in [1.54, 1.807) is 6.07 Å². The van der Waals surface area contributed by atoms with E-state index in [1.807, 2.05) is 25.1 Å². The van der Waals surface area contributed by atoms with Gasteiger partial charge < -0.3 is 5.11 Å². The first-order valence-corrected chi connectivity index (χ1v) is 5.85. The molecule has 0 spiro atoms. The number of aryl methyl sites for hydroxylation is 1. The van der Waals surface area contributed by atoms with Crippen molar-refractivity contribution in [2.45, 2.75) is 13.5 Å². The summed E-state index contributed by atoms with van der Waals surface area (Å²) in [5.41, 5.74) is 1.10. The number of hydrogen-bond donors (Lipinski definition) is 1. The van der Waals surface area contributed by atoms with E-state index >= 15 is 0 Å². The van der Waals surface area contributed by atoms with E-state index < -0.39 is 5.97 Å². The molecule has 5 nitrogen and oxygen atoms in total. The molecule has 88 valence electrons. The van der Waals surface area contributed by atoms with Gasteiger partial charge in [0.1, 0.15) is 5.69 Å². The van der Waals surface area contributed by atoms with Crippen molar-refractivity contribution in [3.8, 4) is 11.3 Å². The van der Waals surface area contributed by atoms with Gasteiger partial charge in [-0.3, -0.25) is 0 Å². The van der Waals surface area contributed by atoms with Crippen LogP contribution in [0.5, 0.6) is 0 Å². The molecular weight excluding hydrogens is 286 g/mol. The highest BCUT2D eigenvalue weighted by atomic mass is 79.9. The quantitative estimate of drug-likeness (QED) is 0.944. The van der Waals surface area contributed by atoms with E-state index in [0.717, 1.165) is 10.0 Å². The molecule has 2 aromatic rings. The Balaban J connectivity index is 2.57. The summed E-state index contributed by atoms with van der Waals surface area (Å²) in [6, 6.07) is 7.32. The molecule has 17 heavy (non-hydrogen) atoms. The van der Waals surface area contributed by atoms with Crippen molar-refractivity contribution in [1.29, 1.82) is 0 Å². The van der Waals surface area contributed by atoms with Crippen LogP contribution in [-0.2, 0) is 6.54 Å². The Hall–Kier alpha value is -1.69. The van der Waals surface area contributed by atoms with Gasteiger partial charge in [-0.05, 0) is 19.1 Å². The predicted octanol–water partition coefficient (Wildman–Crippen LogP) is 2.43. The Morgan fingerprint density at radius 1 is 1.47 bits per heavy atom. The Labute approximate surface area is 106 Å². The topological polar surface area (TPSA) is 68.0 Å². The number of carboxylic acids is 1. The van der Waals surface area contributed by atoms with E-state index in [0.29, 0.717) is 12.2 Å². The normalized spacial score (nSPS) is 10.5. The highest BCUT2D eigenvalue weighted by molar-refractivity contribution is 9.10. The molecule has 0 unspecified atom stereocenters. The summed E-state index contributed by atoms with van der Waals surface area (Å²) in [6.45, 7) is 2.39. The van der Waals surface area contributed by atoms with E-state index in [4.69, 9.17) is 5.11 Å². The summed E-state index contributed by atoms with van der Waals surface area (Å²) in [6.07, 6.45) is 0. The van der Waals surface area contributed by atoms with Crippen molar-refractivity contribution < 1.29 is 9.90 Å². The van der Waals surface area contributed by atoms with Crippen molar-refractivity contribution in [2.75, 3.05) is 0 Å². The van der Waals surface area contributed by atoms with Crippen LogP contribution in [0.25, 0.3) is 11.3 Å². The second kappa shape index (κ2) is 4.67. The third-order valence-electron chi connectivity index (χ3n) is 2.24. The number of aromatic carboxylic acids is 1. The van der Waals surface area contributed by atoms with Gasteiger partial charge in [0.2, 0.25) is 0 Å². The van der Waals surface area contributed by atoms with Gasteiger partial charge in [0.05, 0.1) is 6.54 Å². The standard InChI is InChI=1S/C11H10BrN3O2/c1-2-15-13-9(10(14-15)11(16)17)7-4-3-5-8(12)6-7/h3-6H,2H2,1H3,(H,16,17). The zero-order valence-electron chi connectivity index (χ0n) is 9.09. The number of nitrogens with zero attached hydrogens (tertiary/aromatic N) is 3. The maximum Gasteiger partial charge on any atom is 0.358 e. The molecule has 0 aliphatic heterocycles. The first-order chi connectivity index (χ1) is 8.11. The van der Waals surface area contributed by atoms with Crippen LogP contribution < -0.4 is 0 Å². The summed E-state index contributed by atoms with van der Waals surface area (Å²) in [7, 11) is 0. The molecule has 0 aliphatic carbocycles. The maximum absolute atomic E-state index is 11.1. The van der Waals surface area contributed by atoms with Crippen molar-refractivity contribution in [3.05, 3.63) is 34.4 Å². The Kier molecular flexibility index (Phi) is 3.23. The molecule has 0 fully saturated rings. The lowest BCUT2D eigenvalue weighted by molar-refractivity contribution is 0.0690. The first kappa shape index (κ1) is 11.8. The Morgan fingerprint density at radius 3 is 2.82 bits per heavy atom. The van der Waals surface area contributed by atoms with Gasteiger partial charge in [-0.2, -0.15) is 9.90 Å². The molecule has 0 saturated carbocycles. The van der Waals surface area contributed by atoms with Crippen molar-refractivity contribution in [2.24, 2.45) is 0 Å². The highest BCUT2D eigenvalue weighted by Crippen LogP contribution is 2.23. The van der Waals surface area contributed by atoms with Gasteiger partial charge in [0.25, 0.3) is 0 Å². The second-order valence-corrected chi connectivity index (χ2v) is 4.32. The Morgan fingerprint density at radius 2 is 2.24 bits per heavy atom. The molecule has 0 saturated heterocycles. The Bertz CT molecular complexity index is 566. The maximum atomic E-state index is 11.1. The fourth-order valence-corrected chi connectivity index (χ4v) is 1.86. The molecule has 1 aromatic heterocycles. The summed E-state index contributed by atoms with van der Waals surface area (Å²) in [4.78, 5) is 12.5. The average molecular weight is 296 g/mol. The molecule has 6 heteroatoms. The molecule has 0 radical (unpaired) electrons. The van der Waals surface area contributed by atoms with Crippen LogP contribution in [0.1, 0.15) is 17.4 Å². The number of benzene rings is 1. The van der Waals surface area contributed by atoms with E-state index in [-0.39, 0.29) is 5.69 Å². The zero-order chi connectivity index (χ0) is 12.4. The lowest BCUT2D eigenvalue weighted by Crippen LogP contribution is -2.02. The smallest absolute Gasteiger partial charge is 0.358 e. The molecule has 1 N–H and O–H groups in total. The molecular formula is C11H10BrN3O2. The fourth-order valence-electron chi connectivity index (χ4n) is 1.46. The number of carboxylic acid groups (broad SMARTS) is 1. The zero-order valence-corrected chi connectivity index (χ0v) is 10.7. The van der Waals surface area contributed by atoms with Crippen LogP contribution in [0.15, 0.2) is 28.7 Å². The average Bonchev–Trinajstić information content (AvgIpc) is 2.73. The van der Waals surface area contributed by atoms with Gasteiger partial charge in [-0.25, -0.2) is 4.79 Å². The summed E-state index contributed by atoms with van der Waals surface area (Å²) in [5.74, 6) is -1.07. The lowest BCUT2D eigenvalue weighted by atomic mass is 10.1. The van der Waals surface area contributed by atoms with Crippen molar-refractivity contribution in [3.63, 3.8) is 0 Å². The number of halogens is 1.